The van der Waals surface area contributed by atoms with Crippen LogP contribution in [0.5, 0.6) is 0 Å². The maximum Gasteiger partial charge on any atom is 0.0515 e. The van der Waals surface area contributed by atoms with Crippen LogP contribution in [0.4, 0.5) is 0 Å². The number of hydrazone groups is 1. The highest BCUT2D eigenvalue weighted by atomic mass is 15.3. The van der Waals surface area contributed by atoms with Gasteiger partial charge < -0.3 is 0 Å². The first-order valence-corrected chi connectivity index (χ1v) is 3.76. The number of rotatable bonds is 3. The Bertz CT molecular complexity index is 184. The minimum atomic E-state index is 1.02. The van der Waals surface area contributed by atoms with Gasteiger partial charge in [0.1, 0.15) is 0 Å². The molecule has 0 aromatic rings. The van der Waals surface area contributed by atoms with Crippen LogP contribution in [0.3, 0.4) is 0 Å². The Kier molecular flexibility index (Phi) is 5.17. The molecule has 0 aromatic heterocycles. The van der Waals surface area contributed by atoms with Gasteiger partial charge in [0.25, 0.3) is 0 Å². The second-order valence-corrected chi connectivity index (χ2v) is 2.41. The van der Waals surface area contributed by atoms with E-state index in [2.05, 4.69) is 10.5 Å². The fourth-order valence-electron chi connectivity index (χ4n) is 0.554. The highest BCUT2D eigenvalue weighted by Gasteiger charge is 1.83. The van der Waals surface area contributed by atoms with Crippen molar-refractivity contribution in [1.82, 2.24) is 5.43 Å². The lowest BCUT2D eigenvalue weighted by molar-refractivity contribution is 0.910. The zero-order chi connectivity index (χ0) is 8.69. The molecule has 0 bridgehead atoms. The Morgan fingerprint density at radius 2 is 1.91 bits per heavy atom. The van der Waals surface area contributed by atoms with E-state index in [4.69, 9.17) is 0 Å². The lowest BCUT2D eigenvalue weighted by Crippen LogP contribution is -2.04. The number of allylic oxidation sites excluding steroid dienone is 3. The van der Waals surface area contributed by atoms with Gasteiger partial charge in [0, 0.05) is 5.71 Å². The van der Waals surface area contributed by atoms with Crippen molar-refractivity contribution in [2.45, 2.75) is 27.7 Å². The van der Waals surface area contributed by atoms with E-state index in [1.54, 1.807) is 0 Å². The molecular formula is C9H16N2. The van der Waals surface area contributed by atoms with E-state index in [1.165, 1.54) is 0 Å². The molecule has 0 saturated heterocycles. The molecule has 0 aliphatic heterocycles. The first-order chi connectivity index (χ1) is 5.20. The summed E-state index contributed by atoms with van der Waals surface area (Å²) in [6, 6.07) is 0. The van der Waals surface area contributed by atoms with E-state index < -0.39 is 0 Å². The van der Waals surface area contributed by atoms with E-state index in [9.17, 15) is 0 Å². The SMILES string of the molecule is C/C=C\C(=C/C)NN=C(C)C. The van der Waals surface area contributed by atoms with Gasteiger partial charge in [-0.15, -0.1) is 0 Å². The summed E-state index contributed by atoms with van der Waals surface area (Å²) in [5.74, 6) is 0. The third-order valence-electron chi connectivity index (χ3n) is 1.07. The number of hydrogen-bond acceptors (Lipinski definition) is 2. The Labute approximate surface area is 68.7 Å². The Morgan fingerprint density at radius 3 is 2.27 bits per heavy atom. The number of hydrogen-bond donors (Lipinski definition) is 1. The lowest BCUT2D eigenvalue weighted by Gasteiger charge is -1.99. The summed E-state index contributed by atoms with van der Waals surface area (Å²) in [4.78, 5) is 0. The monoisotopic (exact) mass is 152 g/mol. The van der Waals surface area contributed by atoms with Crippen molar-refractivity contribution >= 4 is 5.71 Å². The van der Waals surface area contributed by atoms with Crippen LogP contribution in [-0.4, -0.2) is 5.71 Å². The molecule has 0 radical (unpaired) electrons. The second kappa shape index (κ2) is 5.71. The summed E-state index contributed by atoms with van der Waals surface area (Å²) < 4.78 is 0. The average molecular weight is 152 g/mol. The summed E-state index contributed by atoms with van der Waals surface area (Å²) in [5.41, 5.74) is 4.98. The largest absolute Gasteiger partial charge is 0.279 e. The van der Waals surface area contributed by atoms with Crippen molar-refractivity contribution < 1.29 is 0 Å². The summed E-state index contributed by atoms with van der Waals surface area (Å²) in [6.07, 6.45) is 5.93. The molecule has 0 aromatic carbocycles. The summed E-state index contributed by atoms with van der Waals surface area (Å²) in [5, 5.41) is 4.06. The fourth-order valence-corrected chi connectivity index (χ4v) is 0.554. The Morgan fingerprint density at radius 1 is 1.27 bits per heavy atom. The molecule has 0 atom stereocenters. The van der Waals surface area contributed by atoms with Crippen molar-refractivity contribution in [3.05, 3.63) is 23.9 Å². The van der Waals surface area contributed by atoms with E-state index >= 15 is 0 Å². The van der Waals surface area contributed by atoms with E-state index in [0.29, 0.717) is 0 Å². The molecule has 0 spiro atoms. The first kappa shape index (κ1) is 9.95. The molecule has 0 rings (SSSR count). The van der Waals surface area contributed by atoms with Crippen LogP contribution in [-0.2, 0) is 0 Å². The summed E-state index contributed by atoms with van der Waals surface area (Å²) in [6.45, 7) is 7.86. The van der Waals surface area contributed by atoms with Gasteiger partial charge in [-0.05, 0) is 33.8 Å². The van der Waals surface area contributed by atoms with Gasteiger partial charge in [0.15, 0.2) is 0 Å². The quantitative estimate of drug-likeness (QED) is 0.375. The van der Waals surface area contributed by atoms with Gasteiger partial charge in [0.2, 0.25) is 0 Å². The molecule has 0 fully saturated rings. The predicted octanol–water partition coefficient (Wildman–Crippen LogP) is 2.45. The number of nitrogens with zero attached hydrogens (tertiary/aromatic N) is 1. The van der Waals surface area contributed by atoms with Crippen molar-refractivity contribution in [3.63, 3.8) is 0 Å². The molecule has 11 heavy (non-hydrogen) atoms. The maximum absolute atomic E-state index is 4.06. The molecule has 2 nitrogen and oxygen atoms in total. The van der Waals surface area contributed by atoms with Crippen LogP contribution in [0.25, 0.3) is 0 Å². The van der Waals surface area contributed by atoms with Gasteiger partial charge in [0.05, 0.1) is 5.70 Å². The van der Waals surface area contributed by atoms with Gasteiger partial charge in [-0.1, -0.05) is 12.2 Å². The lowest BCUT2D eigenvalue weighted by atomic mass is 10.4. The first-order valence-electron chi connectivity index (χ1n) is 3.76. The molecule has 2 heteroatoms. The van der Waals surface area contributed by atoms with Crippen LogP contribution in [0.1, 0.15) is 27.7 Å². The van der Waals surface area contributed by atoms with Crippen LogP contribution in [0.2, 0.25) is 0 Å². The van der Waals surface area contributed by atoms with Crippen molar-refractivity contribution in [1.29, 1.82) is 0 Å². The highest BCUT2D eigenvalue weighted by Crippen LogP contribution is 1.90. The number of nitrogens with one attached hydrogen (secondary N) is 1. The third-order valence-corrected chi connectivity index (χ3v) is 1.07. The smallest absolute Gasteiger partial charge is 0.0515 e. The highest BCUT2D eigenvalue weighted by molar-refractivity contribution is 5.78. The van der Waals surface area contributed by atoms with Gasteiger partial charge >= 0.3 is 0 Å². The van der Waals surface area contributed by atoms with E-state index in [1.807, 2.05) is 45.9 Å². The Hall–Kier alpha value is -1.05. The van der Waals surface area contributed by atoms with Crippen LogP contribution >= 0.6 is 0 Å². The fraction of sp³-hybridized carbons (Fsp3) is 0.444. The minimum absolute atomic E-state index is 1.02. The molecule has 0 saturated carbocycles. The van der Waals surface area contributed by atoms with Gasteiger partial charge in [-0.25, -0.2) is 0 Å². The van der Waals surface area contributed by atoms with Crippen molar-refractivity contribution in [2.75, 3.05) is 0 Å². The molecule has 0 aliphatic carbocycles. The maximum atomic E-state index is 4.06. The average Bonchev–Trinajstić information content (AvgIpc) is 1.97. The predicted molar refractivity (Wildman–Crippen MR) is 50.5 cm³/mol. The second-order valence-electron chi connectivity index (χ2n) is 2.41. The molecule has 0 heterocycles. The van der Waals surface area contributed by atoms with Crippen molar-refractivity contribution in [2.24, 2.45) is 5.10 Å². The molecule has 0 unspecified atom stereocenters. The zero-order valence-electron chi connectivity index (χ0n) is 7.68. The molecule has 1 N–H and O–H groups in total. The minimum Gasteiger partial charge on any atom is -0.279 e. The normalized spacial score (nSPS) is 11.8. The molecule has 62 valence electrons. The van der Waals surface area contributed by atoms with Crippen LogP contribution < -0.4 is 5.43 Å². The van der Waals surface area contributed by atoms with Crippen molar-refractivity contribution in [3.8, 4) is 0 Å². The topological polar surface area (TPSA) is 24.4 Å². The van der Waals surface area contributed by atoms with Gasteiger partial charge in [-0.2, -0.15) is 5.10 Å². The van der Waals surface area contributed by atoms with E-state index in [-0.39, 0.29) is 0 Å². The Balaban J connectivity index is 4.01. The molecule has 0 aliphatic rings. The summed E-state index contributed by atoms with van der Waals surface area (Å²) in [7, 11) is 0. The third kappa shape index (κ3) is 5.40. The van der Waals surface area contributed by atoms with Gasteiger partial charge in [-0.3, -0.25) is 5.43 Å². The van der Waals surface area contributed by atoms with E-state index in [0.717, 1.165) is 11.4 Å². The van der Waals surface area contributed by atoms with Crippen LogP contribution in [0, 0.1) is 0 Å². The standard InChI is InChI=1S/C9H16N2/c1-5-7-9(6-2)11-10-8(3)4/h5-7,11H,1-4H3/b7-5-,9-6+. The van der Waals surface area contributed by atoms with Crippen LogP contribution in [0.15, 0.2) is 29.0 Å². The molecule has 0 amide bonds. The molecular weight excluding hydrogens is 136 g/mol. The zero-order valence-corrected chi connectivity index (χ0v) is 7.68. The summed E-state index contributed by atoms with van der Waals surface area (Å²) >= 11 is 0.